The molecule has 0 aliphatic carbocycles. The van der Waals surface area contributed by atoms with Crippen LogP contribution in [-0.2, 0) is 14.3 Å². The molecule has 0 aromatic rings. The van der Waals surface area contributed by atoms with E-state index in [-0.39, 0.29) is 5.97 Å². The predicted molar refractivity (Wildman–Crippen MR) is 66.0 cm³/mol. The molecule has 0 spiro atoms. The predicted octanol–water partition coefficient (Wildman–Crippen LogP) is 0.204. The average molecular weight is 244 g/mol. The van der Waals surface area contributed by atoms with Gasteiger partial charge in [0.15, 0.2) is 0 Å². The van der Waals surface area contributed by atoms with Crippen LogP contribution in [0.1, 0.15) is 13.3 Å². The zero-order chi connectivity index (χ0) is 12.5. The highest BCUT2D eigenvalue weighted by Crippen LogP contribution is 1.99. The highest BCUT2D eigenvalue weighted by atomic mass is 16.5. The van der Waals surface area contributed by atoms with Gasteiger partial charge in [0.2, 0.25) is 0 Å². The highest BCUT2D eigenvalue weighted by Gasteiger charge is 2.12. The first kappa shape index (κ1) is 14.4. The maximum Gasteiger partial charge on any atom is 0.306 e. The molecule has 100 valence electrons. The number of methoxy groups -OCH3 is 1. The quantitative estimate of drug-likeness (QED) is 0.599. The third kappa shape index (κ3) is 6.00. The lowest BCUT2D eigenvalue weighted by Crippen LogP contribution is -2.41. The number of nitrogens with zero attached hydrogens (tertiary/aromatic N) is 2. The summed E-state index contributed by atoms with van der Waals surface area (Å²) in [5.41, 5.74) is 0. The molecule has 5 heteroatoms. The van der Waals surface area contributed by atoms with Crippen molar-refractivity contribution in [3.05, 3.63) is 0 Å². The van der Waals surface area contributed by atoms with Crippen molar-refractivity contribution in [3.63, 3.8) is 0 Å². The Morgan fingerprint density at radius 3 is 2.65 bits per heavy atom. The minimum atomic E-state index is -0.130. The highest BCUT2D eigenvalue weighted by molar-refractivity contribution is 5.69. The zero-order valence-electron chi connectivity index (χ0n) is 11.0. The lowest BCUT2D eigenvalue weighted by Gasteiger charge is -2.29. The number of hydrogen-bond acceptors (Lipinski definition) is 5. The first-order valence-corrected chi connectivity index (χ1v) is 6.35. The molecule has 17 heavy (non-hydrogen) atoms. The van der Waals surface area contributed by atoms with Gasteiger partial charge in [0.1, 0.15) is 0 Å². The SMILES string of the molecule is CCN(CCC(=O)OC)CCN1CCOCC1. The molecular formula is C12H24N2O3. The standard InChI is InChI=1S/C12H24N2O3/c1-3-13(5-4-12(15)16-2)6-7-14-8-10-17-11-9-14/h3-11H2,1-2H3. The van der Waals surface area contributed by atoms with Crippen LogP contribution in [0, 0.1) is 0 Å². The summed E-state index contributed by atoms with van der Waals surface area (Å²) >= 11 is 0. The molecular weight excluding hydrogens is 220 g/mol. The summed E-state index contributed by atoms with van der Waals surface area (Å²) in [6, 6.07) is 0. The van der Waals surface area contributed by atoms with Gasteiger partial charge < -0.3 is 14.4 Å². The first-order valence-electron chi connectivity index (χ1n) is 6.35. The van der Waals surface area contributed by atoms with E-state index in [4.69, 9.17) is 4.74 Å². The van der Waals surface area contributed by atoms with Crippen LogP contribution in [0.25, 0.3) is 0 Å². The number of morpholine rings is 1. The van der Waals surface area contributed by atoms with Gasteiger partial charge in [-0.3, -0.25) is 9.69 Å². The van der Waals surface area contributed by atoms with E-state index in [2.05, 4.69) is 21.5 Å². The van der Waals surface area contributed by atoms with E-state index >= 15 is 0 Å². The van der Waals surface area contributed by atoms with Crippen LogP contribution in [0.4, 0.5) is 0 Å². The van der Waals surface area contributed by atoms with Gasteiger partial charge in [-0.1, -0.05) is 6.92 Å². The molecule has 0 amide bonds. The van der Waals surface area contributed by atoms with Crippen LogP contribution in [0.5, 0.6) is 0 Å². The molecule has 0 saturated carbocycles. The summed E-state index contributed by atoms with van der Waals surface area (Å²) in [5.74, 6) is -0.130. The van der Waals surface area contributed by atoms with Crippen molar-refractivity contribution in [1.29, 1.82) is 0 Å². The number of esters is 1. The molecule has 0 aromatic heterocycles. The lowest BCUT2D eigenvalue weighted by atomic mass is 10.3. The van der Waals surface area contributed by atoms with Crippen molar-refractivity contribution >= 4 is 5.97 Å². The van der Waals surface area contributed by atoms with Crippen LogP contribution in [-0.4, -0.2) is 75.4 Å². The Labute approximate surface area is 104 Å². The molecule has 1 saturated heterocycles. The molecule has 1 heterocycles. The van der Waals surface area contributed by atoms with Gasteiger partial charge in [-0.05, 0) is 6.54 Å². The van der Waals surface area contributed by atoms with Crippen LogP contribution in [0.2, 0.25) is 0 Å². The molecule has 1 rings (SSSR count). The fraction of sp³-hybridized carbons (Fsp3) is 0.917. The minimum Gasteiger partial charge on any atom is -0.469 e. The van der Waals surface area contributed by atoms with Gasteiger partial charge in [-0.2, -0.15) is 0 Å². The van der Waals surface area contributed by atoms with Gasteiger partial charge in [0.05, 0.1) is 26.7 Å². The zero-order valence-corrected chi connectivity index (χ0v) is 11.0. The Balaban J connectivity index is 2.14. The summed E-state index contributed by atoms with van der Waals surface area (Å²) in [4.78, 5) is 15.8. The first-order chi connectivity index (χ1) is 8.26. The summed E-state index contributed by atoms with van der Waals surface area (Å²) in [5, 5.41) is 0. The average Bonchev–Trinajstić information content (AvgIpc) is 2.39. The normalized spacial score (nSPS) is 17.4. The number of carbonyl (C=O) groups excluding carboxylic acids is 1. The smallest absolute Gasteiger partial charge is 0.306 e. The van der Waals surface area contributed by atoms with Crippen molar-refractivity contribution in [1.82, 2.24) is 9.80 Å². The molecule has 0 bridgehead atoms. The monoisotopic (exact) mass is 244 g/mol. The molecule has 1 fully saturated rings. The number of likely N-dealkylation sites (N-methyl/N-ethyl adjacent to an activating group) is 1. The number of hydrogen-bond donors (Lipinski definition) is 0. The molecule has 1 aliphatic heterocycles. The second kappa shape index (κ2) is 8.44. The van der Waals surface area contributed by atoms with Crippen molar-refractivity contribution in [2.24, 2.45) is 0 Å². The van der Waals surface area contributed by atoms with Gasteiger partial charge in [-0.15, -0.1) is 0 Å². The Bertz CT molecular complexity index is 218. The van der Waals surface area contributed by atoms with Gasteiger partial charge in [-0.25, -0.2) is 0 Å². The lowest BCUT2D eigenvalue weighted by molar-refractivity contribution is -0.141. The third-order valence-corrected chi connectivity index (χ3v) is 3.14. The summed E-state index contributed by atoms with van der Waals surface area (Å²) in [7, 11) is 1.44. The summed E-state index contributed by atoms with van der Waals surface area (Å²) < 4.78 is 9.96. The van der Waals surface area contributed by atoms with E-state index in [1.165, 1.54) is 7.11 Å². The molecule has 0 N–H and O–H groups in total. The van der Waals surface area contributed by atoms with Crippen LogP contribution in [0.15, 0.2) is 0 Å². The maximum atomic E-state index is 11.1. The fourth-order valence-electron chi connectivity index (χ4n) is 1.89. The molecule has 5 nitrogen and oxygen atoms in total. The molecule has 0 unspecified atom stereocenters. The van der Waals surface area contributed by atoms with Crippen LogP contribution in [0.3, 0.4) is 0 Å². The second-order valence-corrected chi connectivity index (χ2v) is 4.21. The molecule has 0 aromatic carbocycles. The Hall–Kier alpha value is -0.650. The van der Waals surface area contributed by atoms with E-state index in [0.29, 0.717) is 6.42 Å². The fourth-order valence-corrected chi connectivity index (χ4v) is 1.89. The van der Waals surface area contributed by atoms with Crippen molar-refractivity contribution in [3.8, 4) is 0 Å². The Morgan fingerprint density at radius 2 is 2.06 bits per heavy atom. The Kier molecular flexibility index (Phi) is 7.16. The number of ether oxygens (including phenoxy) is 2. The van der Waals surface area contributed by atoms with E-state index in [1.54, 1.807) is 0 Å². The molecule has 1 aliphatic rings. The largest absolute Gasteiger partial charge is 0.469 e. The van der Waals surface area contributed by atoms with Crippen LogP contribution < -0.4 is 0 Å². The van der Waals surface area contributed by atoms with Gasteiger partial charge >= 0.3 is 5.97 Å². The molecule has 0 atom stereocenters. The van der Waals surface area contributed by atoms with Crippen LogP contribution >= 0.6 is 0 Å². The van der Waals surface area contributed by atoms with E-state index < -0.39 is 0 Å². The van der Waals surface area contributed by atoms with Gasteiger partial charge in [0.25, 0.3) is 0 Å². The number of rotatable bonds is 7. The maximum absolute atomic E-state index is 11.1. The second-order valence-electron chi connectivity index (χ2n) is 4.21. The topological polar surface area (TPSA) is 42.0 Å². The van der Waals surface area contributed by atoms with Crippen molar-refractivity contribution in [2.45, 2.75) is 13.3 Å². The van der Waals surface area contributed by atoms with Crippen molar-refractivity contribution < 1.29 is 14.3 Å². The summed E-state index contributed by atoms with van der Waals surface area (Å²) in [6.07, 6.45) is 0.480. The molecule has 0 radical (unpaired) electrons. The van der Waals surface area contributed by atoms with E-state index in [9.17, 15) is 4.79 Å². The van der Waals surface area contributed by atoms with Crippen molar-refractivity contribution in [2.75, 3.05) is 59.6 Å². The number of carbonyl (C=O) groups is 1. The Morgan fingerprint density at radius 1 is 1.35 bits per heavy atom. The van der Waals surface area contributed by atoms with E-state index in [0.717, 1.165) is 52.5 Å². The third-order valence-electron chi connectivity index (χ3n) is 3.14. The van der Waals surface area contributed by atoms with E-state index in [1.807, 2.05) is 0 Å². The van der Waals surface area contributed by atoms with Gasteiger partial charge in [0, 0.05) is 32.7 Å². The minimum absolute atomic E-state index is 0.130. The summed E-state index contributed by atoms with van der Waals surface area (Å²) in [6.45, 7) is 9.67.